The van der Waals surface area contributed by atoms with E-state index in [2.05, 4.69) is 14.7 Å². The highest BCUT2D eigenvalue weighted by Gasteiger charge is 2.08. The fourth-order valence-corrected chi connectivity index (χ4v) is 1.02. The molecular formula is C7H8N2O2S. The molecule has 0 N–H and O–H groups in total. The second kappa shape index (κ2) is 4.06. The Kier molecular flexibility index (Phi) is 3.04. The number of nitrogens with zero attached hydrogens (tertiary/aromatic N) is 2. The molecule has 5 heteroatoms. The van der Waals surface area contributed by atoms with Gasteiger partial charge in [0.2, 0.25) is 5.82 Å². The Morgan fingerprint density at radius 1 is 1.67 bits per heavy atom. The molecule has 0 unspecified atom stereocenters. The molecule has 0 saturated heterocycles. The monoisotopic (exact) mass is 184 g/mol. The number of hydrogen-bond acceptors (Lipinski definition) is 5. The predicted octanol–water partition coefficient (Wildman–Crippen LogP) is 0.985. The van der Waals surface area contributed by atoms with E-state index in [1.54, 1.807) is 6.07 Å². The van der Waals surface area contributed by atoms with Crippen LogP contribution in [0.25, 0.3) is 0 Å². The summed E-state index contributed by atoms with van der Waals surface area (Å²) in [5, 5.41) is 0.755. The van der Waals surface area contributed by atoms with Crippen LogP contribution in [0, 0.1) is 0 Å². The lowest BCUT2D eigenvalue weighted by Gasteiger charge is -1.98. The summed E-state index contributed by atoms with van der Waals surface area (Å²) < 4.78 is 4.46. The number of thioether (sulfide) groups is 1. The van der Waals surface area contributed by atoms with Gasteiger partial charge in [0.15, 0.2) is 0 Å². The SMILES string of the molecule is COC(=O)c1nccc(SC)n1. The summed E-state index contributed by atoms with van der Waals surface area (Å²) in [6, 6.07) is 1.73. The highest BCUT2D eigenvalue weighted by Crippen LogP contribution is 2.09. The standard InChI is InChI=1S/C7H8N2O2S/c1-11-7(10)6-8-4-3-5(9-6)12-2/h3-4H,1-2H3. The number of ether oxygens (including phenoxy) is 1. The first-order valence-corrected chi connectivity index (χ1v) is 4.45. The van der Waals surface area contributed by atoms with Gasteiger partial charge in [0.25, 0.3) is 0 Å². The molecular weight excluding hydrogens is 176 g/mol. The van der Waals surface area contributed by atoms with Crippen molar-refractivity contribution >= 4 is 17.7 Å². The lowest BCUT2D eigenvalue weighted by atomic mass is 10.5. The molecule has 0 atom stereocenters. The van der Waals surface area contributed by atoms with Crippen molar-refractivity contribution in [2.24, 2.45) is 0 Å². The number of methoxy groups -OCH3 is 1. The Hall–Kier alpha value is -1.10. The lowest BCUT2D eigenvalue weighted by Crippen LogP contribution is -2.07. The summed E-state index contributed by atoms with van der Waals surface area (Å²) in [5.41, 5.74) is 0. The van der Waals surface area contributed by atoms with Crippen LogP contribution in [0.1, 0.15) is 10.6 Å². The summed E-state index contributed by atoms with van der Waals surface area (Å²) in [5.74, 6) is -0.407. The molecule has 0 spiro atoms. The summed E-state index contributed by atoms with van der Waals surface area (Å²) in [4.78, 5) is 18.6. The maximum Gasteiger partial charge on any atom is 0.376 e. The molecule has 0 radical (unpaired) electrons. The molecule has 0 saturated carbocycles. The van der Waals surface area contributed by atoms with Gasteiger partial charge in [0.05, 0.1) is 7.11 Å². The topological polar surface area (TPSA) is 52.1 Å². The molecule has 1 heterocycles. The Bertz CT molecular complexity index is 290. The van der Waals surface area contributed by atoms with Crippen molar-refractivity contribution < 1.29 is 9.53 Å². The molecule has 0 aliphatic carbocycles. The van der Waals surface area contributed by atoms with Crippen LogP contribution in [0.4, 0.5) is 0 Å². The smallest absolute Gasteiger partial charge is 0.376 e. The Morgan fingerprint density at radius 3 is 3.00 bits per heavy atom. The third-order valence-electron chi connectivity index (χ3n) is 1.21. The van der Waals surface area contributed by atoms with Gasteiger partial charge < -0.3 is 4.74 Å². The zero-order valence-corrected chi connectivity index (χ0v) is 7.59. The molecule has 0 fully saturated rings. The molecule has 0 aromatic carbocycles. The lowest BCUT2D eigenvalue weighted by molar-refractivity contribution is 0.0585. The number of hydrogen-bond donors (Lipinski definition) is 0. The van der Waals surface area contributed by atoms with Crippen LogP contribution in [0.3, 0.4) is 0 Å². The normalized spacial score (nSPS) is 9.50. The fraction of sp³-hybridized carbons (Fsp3) is 0.286. The zero-order valence-electron chi connectivity index (χ0n) is 6.77. The second-order valence-corrected chi connectivity index (χ2v) is 2.74. The van der Waals surface area contributed by atoms with Crippen molar-refractivity contribution in [3.63, 3.8) is 0 Å². The molecule has 4 nitrogen and oxygen atoms in total. The molecule has 0 aliphatic heterocycles. The maximum absolute atomic E-state index is 10.9. The summed E-state index contributed by atoms with van der Waals surface area (Å²) in [6.07, 6.45) is 3.41. The minimum atomic E-state index is -0.508. The first-order valence-electron chi connectivity index (χ1n) is 3.23. The second-order valence-electron chi connectivity index (χ2n) is 1.91. The largest absolute Gasteiger partial charge is 0.463 e. The van der Waals surface area contributed by atoms with Gasteiger partial charge in [-0.25, -0.2) is 14.8 Å². The summed E-state index contributed by atoms with van der Waals surface area (Å²) in [7, 11) is 1.30. The Labute approximate surface area is 74.4 Å². The van der Waals surface area contributed by atoms with E-state index in [-0.39, 0.29) is 5.82 Å². The number of carbonyl (C=O) groups is 1. The minimum absolute atomic E-state index is 0.101. The van der Waals surface area contributed by atoms with E-state index in [0.717, 1.165) is 5.03 Å². The fourth-order valence-electron chi connectivity index (χ4n) is 0.645. The molecule has 1 aromatic rings. The quantitative estimate of drug-likeness (QED) is 0.389. The van der Waals surface area contributed by atoms with E-state index in [1.807, 2.05) is 6.26 Å². The van der Waals surface area contributed by atoms with Gasteiger partial charge in [0.1, 0.15) is 5.03 Å². The summed E-state index contributed by atoms with van der Waals surface area (Å²) >= 11 is 1.45. The van der Waals surface area contributed by atoms with E-state index in [4.69, 9.17) is 0 Å². The highest BCUT2D eigenvalue weighted by molar-refractivity contribution is 7.98. The van der Waals surface area contributed by atoms with Gasteiger partial charge in [-0.3, -0.25) is 0 Å². The molecule has 64 valence electrons. The van der Waals surface area contributed by atoms with Gasteiger partial charge in [-0.05, 0) is 12.3 Å². The first-order chi connectivity index (χ1) is 5.77. The molecule has 1 rings (SSSR count). The molecule has 1 aromatic heterocycles. The maximum atomic E-state index is 10.9. The number of esters is 1. The first kappa shape index (κ1) is 8.99. The van der Waals surface area contributed by atoms with Gasteiger partial charge in [0, 0.05) is 6.20 Å². The third kappa shape index (κ3) is 1.94. The van der Waals surface area contributed by atoms with Crippen LogP contribution in [-0.2, 0) is 4.74 Å². The van der Waals surface area contributed by atoms with E-state index in [0.29, 0.717) is 0 Å². The van der Waals surface area contributed by atoms with Gasteiger partial charge >= 0.3 is 5.97 Å². The molecule has 12 heavy (non-hydrogen) atoms. The van der Waals surface area contributed by atoms with E-state index in [1.165, 1.54) is 25.1 Å². The minimum Gasteiger partial charge on any atom is -0.463 e. The molecule has 0 bridgehead atoms. The Morgan fingerprint density at radius 2 is 2.42 bits per heavy atom. The predicted molar refractivity (Wildman–Crippen MR) is 45.2 cm³/mol. The zero-order chi connectivity index (χ0) is 8.97. The number of rotatable bonds is 2. The van der Waals surface area contributed by atoms with E-state index in [9.17, 15) is 4.79 Å². The van der Waals surface area contributed by atoms with Gasteiger partial charge in [-0.15, -0.1) is 11.8 Å². The van der Waals surface area contributed by atoms with Crippen LogP contribution in [0.15, 0.2) is 17.3 Å². The van der Waals surface area contributed by atoms with Crippen molar-refractivity contribution in [2.75, 3.05) is 13.4 Å². The number of aromatic nitrogens is 2. The average molecular weight is 184 g/mol. The van der Waals surface area contributed by atoms with Crippen LogP contribution in [-0.4, -0.2) is 29.3 Å². The van der Waals surface area contributed by atoms with E-state index >= 15 is 0 Å². The van der Waals surface area contributed by atoms with Gasteiger partial charge in [-0.2, -0.15) is 0 Å². The summed E-state index contributed by atoms with van der Waals surface area (Å²) in [6.45, 7) is 0. The van der Waals surface area contributed by atoms with Crippen LogP contribution >= 0.6 is 11.8 Å². The van der Waals surface area contributed by atoms with Crippen molar-refractivity contribution in [1.29, 1.82) is 0 Å². The van der Waals surface area contributed by atoms with Gasteiger partial charge in [-0.1, -0.05) is 0 Å². The Balaban J connectivity index is 2.93. The van der Waals surface area contributed by atoms with E-state index < -0.39 is 5.97 Å². The number of carbonyl (C=O) groups excluding carboxylic acids is 1. The van der Waals surface area contributed by atoms with Crippen molar-refractivity contribution in [1.82, 2.24) is 9.97 Å². The van der Waals surface area contributed by atoms with Crippen LogP contribution in [0.2, 0.25) is 0 Å². The van der Waals surface area contributed by atoms with Crippen LogP contribution < -0.4 is 0 Å². The average Bonchev–Trinajstić information content (AvgIpc) is 2.17. The van der Waals surface area contributed by atoms with Crippen molar-refractivity contribution in [2.45, 2.75) is 5.03 Å². The third-order valence-corrected chi connectivity index (χ3v) is 1.85. The van der Waals surface area contributed by atoms with Crippen molar-refractivity contribution in [3.8, 4) is 0 Å². The van der Waals surface area contributed by atoms with Crippen molar-refractivity contribution in [3.05, 3.63) is 18.1 Å². The van der Waals surface area contributed by atoms with Crippen LogP contribution in [0.5, 0.6) is 0 Å². The molecule has 0 amide bonds. The molecule has 0 aliphatic rings. The highest BCUT2D eigenvalue weighted by atomic mass is 32.2.